The molecule has 0 heterocycles. The van der Waals surface area contributed by atoms with Crippen molar-refractivity contribution >= 4 is 6.09 Å². The van der Waals surface area contributed by atoms with Gasteiger partial charge < -0.3 is 20.3 Å². The third-order valence-corrected chi connectivity index (χ3v) is 1.10. The summed E-state index contributed by atoms with van der Waals surface area (Å²) in [5, 5.41) is 19.1. The van der Waals surface area contributed by atoms with Crippen LogP contribution in [-0.2, 0) is 4.74 Å². The van der Waals surface area contributed by atoms with E-state index in [9.17, 15) is 4.79 Å². The van der Waals surface area contributed by atoms with Gasteiger partial charge in [-0.2, -0.15) is 0 Å². The summed E-state index contributed by atoms with van der Waals surface area (Å²) in [6.07, 6.45) is -0.859. The Labute approximate surface area is 71.3 Å². The highest BCUT2D eigenvalue weighted by atomic mass is 16.5. The summed E-state index contributed by atoms with van der Waals surface area (Å²) < 4.78 is 4.99. The highest BCUT2D eigenvalue weighted by molar-refractivity contribution is 5.64. The Balaban J connectivity index is 2.96. The fraction of sp³-hybridized carbons (Fsp3) is 0.857. The fourth-order valence-electron chi connectivity index (χ4n) is 0.623. The van der Waals surface area contributed by atoms with Crippen molar-refractivity contribution in [3.05, 3.63) is 0 Å². The number of amides is 1. The Kier molecular flexibility index (Phi) is 6.41. The van der Waals surface area contributed by atoms with E-state index in [1.54, 1.807) is 6.92 Å². The zero-order valence-corrected chi connectivity index (χ0v) is 7.12. The average Bonchev–Trinajstić information content (AvgIpc) is 1.95. The molecule has 5 heteroatoms. The Bertz CT molecular complexity index is 127. The summed E-state index contributed by atoms with van der Waals surface area (Å²) in [5.41, 5.74) is 0. The number of carboxylic acid groups (broad SMARTS) is 1. The molecular formula is C7H15NO4. The molecule has 0 aliphatic rings. The molecular weight excluding hydrogens is 162 g/mol. The minimum absolute atomic E-state index is 0.299. The molecule has 72 valence electrons. The Hall–Kier alpha value is -0.810. The van der Waals surface area contributed by atoms with E-state index in [1.807, 2.05) is 0 Å². The van der Waals surface area contributed by atoms with Crippen LogP contribution in [0.25, 0.3) is 0 Å². The van der Waals surface area contributed by atoms with Gasteiger partial charge in [0.15, 0.2) is 0 Å². The molecule has 0 saturated carbocycles. The van der Waals surface area contributed by atoms with Crippen molar-refractivity contribution in [2.75, 3.05) is 19.8 Å². The molecule has 3 N–H and O–H groups in total. The van der Waals surface area contributed by atoms with Gasteiger partial charge in [-0.3, -0.25) is 0 Å². The van der Waals surface area contributed by atoms with E-state index in [0.29, 0.717) is 26.2 Å². The van der Waals surface area contributed by atoms with Crippen LogP contribution in [0.15, 0.2) is 0 Å². The number of ether oxygens (including phenoxy) is 1. The first-order valence-electron chi connectivity index (χ1n) is 3.85. The fourth-order valence-corrected chi connectivity index (χ4v) is 0.623. The zero-order chi connectivity index (χ0) is 9.40. The highest BCUT2D eigenvalue weighted by Crippen LogP contribution is 1.85. The summed E-state index contributed by atoms with van der Waals surface area (Å²) in [7, 11) is 0. The van der Waals surface area contributed by atoms with E-state index in [0.717, 1.165) is 0 Å². The first kappa shape index (κ1) is 11.2. The third-order valence-electron chi connectivity index (χ3n) is 1.10. The normalized spacial score (nSPS) is 12.5. The Morgan fingerprint density at radius 1 is 1.67 bits per heavy atom. The maximum Gasteiger partial charge on any atom is 0.404 e. The number of aliphatic hydroxyl groups excluding tert-OH is 1. The van der Waals surface area contributed by atoms with Crippen LogP contribution in [0, 0.1) is 0 Å². The van der Waals surface area contributed by atoms with Crippen molar-refractivity contribution in [1.82, 2.24) is 5.32 Å². The topological polar surface area (TPSA) is 78.8 Å². The second kappa shape index (κ2) is 6.87. The van der Waals surface area contributed by atoms with Gasteiger partial charge in [0.2, 0.25) is 0 Å². The minimum atomic E-state index is -1.02. The smallest absolute Gasteiger partial charge is 0.404 e. The molecule has 5 nitrogen and oxygen atoms in total. The van der Waals surface area contributed by atoms with Crippen LogP contribution in [0.5, 0.6) is 0 Å². The lowest BCUT2D eigenvalue weighted by molar-refractivity contribution is 0.0453. The largest absolute Gasteiger partial charge is 0.465 e. The van der Waals surface area contributed by atoms with Gasteiger partial charge in [-0.25, -0.2) is 4.79 Å². The lowest BCUT2D eigenvalue weighted by Crippen LogP contribution is -2.23. The summed E-state index contributed by atoms with van der Waals surface area (Å²) in [6, 6.07) is 0. The summed E-state index contributed by atoms with van der Waals surface area (Å²) >= 11 is 0. The van der Waals surface area contributed by atoms with Crippen LogP contribution in [0.1, 0.15) is 13.3 Å². The number of nitrogens with one attached hydrogen (secondary N) is 1. The lowest BCUT2D eigenvalue weighted by Gasteiger charge is -2.05. The number of hydrogen-bond acceptors (Lipinski definition) is 3. The Morgan fingerprint density at radius 3 is 2.83 bits per heavy atom. The molecule has 0 aromatic heterocycles. The molecule has 0 aromatic carbocycles. The molecule has 0 saturated heterocycles. The standard InChI is InChI=1S/C7H15NO4/c1-6(9)5-12-4-2-3-8-7(10)11/h6,8-9H,2-5H2,1H3,(H,10,11). The van der Waals surface area contributed by atoms with Crippen molar-refractivity contribution in [1.29, 1.82) is 0 Å². The van der Waals surface area contributed by atoms with Gasteiger partial charge >= 0.3 is 6.09 Å². The van der Waals surface area contributed by atoms with E-state index in [1.165, 1.54) is 0 Å². The molecule has 0 radical (unpaired) electrons. The molecule has 0 rings (SSSR count). The van der Waals surface area contributed by atoms with E-state index in [2.05, 4.69) is 5.32 Å². The zero-order valence-electron chi connectivity index (χ0n) is 7.12. The van der Waals surface area contributed by atoms with E-state index in [4.69, 9.17) is 14.9 Å². The average molecular weight is 177 g/mol. The van der Waals surface area contributed by atoms with Crippen LogP contribution in [0.2, 0.25) is 0 Å². The molecule has 0 aliphatic carbocycles. The van der Waals surface area contributed by atoms with Crippen LogP contribution in [0.3, 0.4) is 0 Å². The van der Waals surface area contributed by atoms with Crippen molar-refractivity contribution < 1.29 is 19.7 Å². The molecule has 0 aliphatic heterocycles. The molecule has 1 unspecified atom stereocenters. The molecule has 0 spiro atoms. The first-order valence-corrected chi connectivity index (χ1v) is 3.85. The Morgan fingerprint density at radius 2 is 2.33 bits per heavy atom. The molecule has 0 fully saturated rings. The van der Waals surface area contributed by atoms with Gasteiger partial charge in [0.1, 0.15) is 0 Å². The van der Waals surface area contributed by atoms with Crippen molar-refractivity contribution in [3.8, 4) is 0 Å². The van der Waals surface area contributed by atoms with Crippen LogP contribution < -0.4 is 5.32 Å². The summed E-state index contributed by atoms with van der Waals surface area (Å²) in [6.45, 7) is 2.78. The number of rotatable bonds is 6. The predicted octanol–water partition coefficient (Wildman–Crippen LogP) is 0.0415. The second-order valence-corrected chi connectivity index (χ2v) is 2.51. The first-order chi connectivity index (χ1) is 5.63. The van der Waals surface area contributed by atoms with E-state index < -0.39 is 12.2 Å². The number of hydrogen-bond donors (Lipinski definition) is 3. The van der Waals surface area contributed by atoms with Crippen molar-refractivity contribution in [2.45, 2.75) is 19.4 Å². The predicted molar refractivity (Wildman–Crippen MR) is 43.1 cm³/mol. The van der Waals surface area contributed by atoms with Crippen molar-refractivity contribution in [3.63, 3.8) is 0 Å². The van der Waals surface area contributed by atoms with Crippen molar-refractivity contribution in [2.24, 2.45) is 0 Å². The maximum atomic E-state index is 9.95. The molecule has 0 aromatic rings. The minimum Gasteiger partial charge on any atom is -0.465 e. The quantitative estimate of drug-likeness (QED) is 0.500. The van der Waals surface area contributed by atoms with Gasteiger partial charge in [0, 0.05) is 13.2 Å². The highest BCUT2D eigenvalue weighted by Gasteiger charge is 1.95. The molecule has 1 atom stereocenters. The SMILES string of the molecule is CC(O)COCCCNC(=O)O. The van der Waals surface area contributed by atoms with Crippen LogP contribution >= 0.6 is 0 Å². The number of carbonyl (C=O) groups is 1. The number of aliphatic hydroxyl groups is 1. The maximum absolute atomic E-state index is 9.95. The summed E-state index contributed by atoms with van der Waals surface area (Å²) in [5.74, 6) is 0. The third kappa shape index (κ3) is 9.19. The second-order valence-electron chi connectivity index (χ2n) is 2.51. The van der Waals surface area contributed by atoms with Gasteiger partial charge in [-0.05, 0) is 13.3 Å². The van der Waals surface area contributed by atoms with E-state index >= 15 is 0 Å². The lowest BCUT2D eigenvalue weighted by atomic mass is 10.4. The molecule has 1 amide bonds. The van der Waals surface area contributed by atoms with Crippen LogP contribution in [0.4, 0.5) is 4.79 Å². The summed E-state index contributed by atoms with van der Waals surface area (Å²) in [4.78, 5) is 9.95. The molecule has 12 heavy (non-hydrogen) atoms. The van der Waals surface area contributed by atoms with Gasteiger partial charge in [0.25, 0.3) is 0 Å². The van der Waals surface area contributed by atoms with Crippen LogP contribution in [-0.4, -0.2) is 42.2 Å². The van der Waals surface area contributed by atoms with Gasteiger partial charge in [-0.15, -0.1) is 0 Å². The van der Waals surface area contributed by atoms with E-state index in [-0.39, 0.29) is 0 Å². The van der Waals surface area contributed by atoms with Gasteiger partial charge in [0.05, 0.1) is 12.7 Å². The van der Waals surface area contributed by atoms with Gasteiger partial charge in [-0.1, -0.05) is 0 Å². The molecule has 0 bridgehead atoms. The monoisotopic (exact) mass is 177 g/mol.